The lowest BCUT2D eigenvalue weighted by atomic mass is 10.1. The van der Waals surface area contributed by atoms with Gasteiger partial charge in [0.1, 0.15) is 23.9 Å². The van der Waals surface area contributed by atoms with E-state index in [1.54, 1.807) is 18.4 Å². The summed E-state index contributed by atoms with van der Waals surface area (Å²) in [6, 6.07) is 18.0. The molecule has 0 aliphatic heterocycles. The van der Waals surface area contributed by atoms with Crippen molar-refractivity contribution in [2.24, 2.45) is 0 Å². The summed E-state index contributed by atoms with van der Waals surface area (Å²) >= 11 is 1.65. The standard InChI is InChI=1S/C21H18N2O2S/c1-24-20-11-17(25-13-15-5-3-2-4-6-15)7-8-18(20)19-12-22-21(23-19)16-9-10-26-14-16/h2-12,14H,13H2,1H3,(H,22,23). The van der Waals surface area contributed by atoms with Crippen molar-refractivity contribution in [2.75, 3.05) is 7.11 Å². The van der Waals surface area contributed by atoms with Gasteiger partial charge in [-0.25, -0.2) is 4.98 Å². The molecule has 0 unspecified atom stereocenters. The molecular weight excluding hydrogens is 344 g/mol. The van der Waals surface area contributed by atoms with E-state index in [1.165, 1.54) is 0 Å². The van der Waals surface area contributed by atoms with Gasteiger partial charge in [-0.2, -0.15) is 11.3 Å². The molecule has 0 saturated heterocycles. The normalized spacial score (nSPS) is 10.7. The maximum atomic E-state index is 5.88. The summed E-state index contributed by atoms with van der Waals surface area (Å²) in [4.78, 5) is 7.91. The number of hydrogen-bond acceptors (Lipinski definition) is 4. The largest absolute Gasteiger partial charge is 0.496 e. The van der Waals surface area contributed by atoms with Gasteiger partial charge >= 0.3 is 0 Å². The fourth-order valence-electron chi connectivity index (χ4n) is 2.72. The molecular formula is C21H18N2O2S. The number of rotatable bonds is 6. The summed E-state index contributed by atoms with van der Waals surface area (Å²) in [5.41, 5.74) is 3.99. The monoisotopic (exact) mass is 362 g/mol. The first-order valence-electron chi connectivity index (χ1n) is 8.26. The van der Waals surface area contributed by atoms with Gasteiger partial charge in [0.05, 0.1) is 12.8 Å². The molecule has 130 valence electrons. The highest BCUT2D eigenvalue weighted by atomic mass is 32.1. The lowest BCUT2D eigenvalue weighted by Crippen LogP contribution is -1.96. The quantitative estimate of drug-likeness (QED) is 0.500. The van der Waals surface area contributed by atoms with Crippen molar-refractivity contribution in [3.63, 3.8) is 0 Å². The van der Waals surface area contributed by atoms with E-state index in [4.69, 9.17) is 9.47 Å². The second-order valence-corrected chi connectivity index (χ2v) is 6.56. The molecule has 2 aromatic carbocycles. The van der Waals surface area contributed by atoms with Gasteiger partial charge < -0.3 is 14.5 Å². The van der Waals surface area contributed by atoms with E-state index >= 15 is 0 Å². The van der Waals surface area contributed by atoms with Gasteiger partial charge in [-0.3, -0.25) is 0 Å². The molecule has 0 aliphatic rings. The van der Waals surface area contributed by atoms with E-state index in [0.29, 0.717) is 6.61 Å². The number of nitrogens with zero attached hydrogens (tertiary/aromatic N) is 1. The van der Waals surface area contributed by atoms with Crippen LogP contribution in [0.2, 0.25) is 0 Å². The van der Waals surface area contributed by atoms with Crippen molar-refractivity contribution in [1.82, 2.24) is 9.97 Å². The molecule has 4 aromatic rings. The fourth-order valence-corrected chi connectivity index (χ4v) is 3.36. The second-order valence-electron chi connectivity index (χ2n) is 5.78. The zero-order valence-corrected chi connectivity index (χ0v) is 15.1. The van der Waals surface area contributed by atoms with Gasteiger partial charge in [-0.15, -0.1) is 0 Å². The van der Waals surface area contributed by atoms with Crippen LogP contribution in [0.15, 0.2) is 71.6 Å². The number of imidazole rings is 1. The Morgan fingerprint density at radius 3 is 2.73 bits per heavy atom. The average molecular weight is 362 g/mol. The third-order valence-electron chi connectivity index (χ3n) is 4.07. The van der Waals surface area contributed by atoms with Gasteiger partial charge in [0, 0.05) is 28.8 Å². The number of aromatic nitrogens is 2. The molecule has 0 fully saturated rings. The summed E-state index contributed by atoms with van der Waals surface area (Å²) in [5.74, 6) is 2.36. The second kappa shape index (κ2) is 7.45. The van der Waals surface area contributed by atoms with E-state index in [0.717, 1.165) is 39.7 Å². The van der Waals surface area contributed by atoms with Gasteiger partial charge in [-0.1, -0.05) is 30.3 Å². The molecule has 0 atom stereocenters. The molecule has 26 heavy (non-hydrogen) atoms. The number of thiophene rings is 1. The Morgan fingerprint density at radius 1 is 1.08 bits per heavy atom. The third-order valence-corrected chi connectivity index (χ3v) is 4.75. The number of H-pyrrole nitrogens is 1. The molecule has 2 heterocycles. The van der Waals surface area contributed by atoms with Gasteiger partial charge in [0.15, 0.2) is 0 Å². The maximum absolute atomic E-state index is 5.88. The highest BCUT2D eigenvalue weighted by Crippen LogP contribution is 2.33. The van der Waals surface area contributed by atoms with Crippen molar-refractivity contribution < 1.29 is 9.47 Å². The number of hydrogen-bond donors (Lipinski definition) is 1. The van der Waals surface area contributed by atoms with Crippen LogP contribution < -0.4 is 9.47 Å². The highest BCUT2D eigenvalue weighted by Gasteiger charge is 2.12. The summed E-state index contributed by atoms with van der Waals surface area (Å²) < 4.78 is 11.4. The minimum absolute atomic E-state index is 0.522. The summed E-state index contributed by atoms with van der Waals surface area (Å²) in [7, 11) is 1.66. The van der Waals surface area contributed by atoms with Crippen LogP contribution in [0.5, 0.6) is 11.5 Å². The molecule has 2 aromatic heterocycles. The van der Waals surface area contributed by atoms with E-state index < -0.39 is 0 Å². The van der Waals surface area contributed by atoms with Gasteiger partial charge in [0.25, 0.3) is 0 Å². The van der Waals surface area contributed by atoms with E-state index in [2.05, 4.69) is 15.3 Å². The summed E-state index contributed by atoms with van der Waals surface area (Å²) in [5, 5.41) is 4.11. The average Bonchev–Trinajstić information content (AvgIpc) is 3.38. The summed E-state index contributed by atoms with van der Waals surface area (Å²) in [6.07, 6.45) is 1.90. The van der Waals surface area contributed by atoms with Crippen LogP contribution in [-0.2, 0) is 6.61 Å². The third kappa shape index (κ3) is 3.48. The van der Waals surface area contributed by atoms with Crippen molar-refractivity contribution in [2.45, 2.75) is 6.61 Å². The minimum atomic E-state index is 0.522. The van der Waals surface area contributed by atoms with Crippen molar-refractivity contribution >= 4 is 11.3 Å². The van der Waals surface area contributed by atoms with Crippen molar-refractivity contribution in [1.29, 1.82) is 0 Å². The molecule has 0 amide bonds. The van der Waals surface area contributed by atoms with Crippen LogP contribution in [0, 0.1) is 0 Å². The van der Waals surface area contributed by atoms with Crippen LogP contribution in [0.25, 0.3) is 22.6 Å². The lowest BCUT2D eigenvalue weighted by molar-refractivity contribution is 0.304. The van der Waals surface area contributed by atoms with Crippen LogP contribution in [0.1, 0.15) is 5.56 Å². The highest BCUT2D eigenvalue weighted by molar-refractivity contribution is 7.08. The number of methoxy groups -OCH3 is 1. The lowest BCUT2D eigenvalue weighted by Gasteiger charge is -2.11. The predicted molar refractivity (Wildman–Crippen MR) is 105 cm³/mol. The first-order valence-corrected chi connectivity index (χ1v) is 9.21. The van der Waals surface area contributed by atoms with E-state index in [1.807, 2.05) is 66.2 Å². The van der Waals surface area contributed by atoms with Crippen molar-refractivity contribution in [3.8, 4) is 34.1 Å². The fraction of sp³-hybridized carbons (Fsp3) is 0.0952. The van der Waals surface area contributed by atoms with Crippen LogP contribution in [0.3, 0.4) is 0 Å². The minimum Gasteiger partial charge on any atom is -0.496 e. The Bertz CT molecular complexity index is 978. The zero-order valence-electron chi connectivity index (χ0n) is 14.3. The number of aromatic amines is 1. The molecule has 0 radical (unpaired) electrons. The van der Waals surface area contributed by atoms with Crippen LogP contribution in [-0.4, -0.2) is 17.1 Å². The summed E-state index contributed by atoms with van der Waals surface area (Å²) in [6.45, 7) is 0.522. The van der Waals surface area contributed by atoms with E-state index in [-0.39, 0.29) is 0 Å². The van der Waals surface area contributed by atoms with Crippen LogP contribution in [0.4, 0.5) is 0 Å². The van der Waals surface area contributed by atoms with Gasteiger partial charge in [0.2, 0.25) is 0 Å². The Hall–Kier alpha value is -3.05. The Balaban J connectivity index is 1.56. The molecule has 0 bridgehead atoms. The number of benzene rings is 2. The maximum Gasteiger partial charge on any atom is 0.138 e. The first kappa shape index (κ1) is 16.4. The topological polar surface area (TPSA) is 47.1 Å². The molecule has 5 heteroatoms. The van der Waals surface area contributed by atoms with E-state index in [9.17, 15) is 0 Å². The Kier molecular flexibility index (Phi) is 4.71. The zero-order chi connectivity index (χ0) is 17.8. The molecule has 4 nitrogen and oxygen atoms in total. The Labute approximate surface area is 156 Å². The Morgan fingerprint density at radius 2 is 1.96 bits per heavy atom. The van der Waals surface area contributed by atoms with Crippen LogP contribution >= 0.6 is 11.3 Å². The molecule has 0 aliphatic carbocycles. The molecule has 4 rings (SSSR count). The molecule has 1 N–H and O–H groups in total. The SMILES string of the molecule is COc1cc(OCc2ccccc2)ccc1-c1c[nH]c(-c2ccsc2)n1. The number of ether oxygens (including phenoxy) is 2. The molecule has 0 saturated carbocycles. The van der Waals surface area contributed by atoms with Gasteiger partial charge in [-0.05, 0) is 29.1 Å². The van der Waals surface area contributed by atoms with Crippen molar-refractivity contribution in [3.05, 3.63) is 77.1 Å². The first-order chi connectivity index (χ1) is 12.8. The number of nitrogens with one attached hydrogen (secondary N) is 1. The molecule has 0 spiro atoms. The smallest absolute Gasteiger partial charge is 0.138 e. The predicted octanol–water partition coefficient (Wildman–Crippen LogP) is 5.39.